The van der Waals surface area contributed by atoms with Gasteiger partial charge in [0.2, 0.25) is 5.13 Å². The molecule has 0 atom stereocenters. The van der Waals surface area contributed by atoms with Crippen LogP contribution in [0.15, 0.2) is 12.1 Å². The molecule has 0 bridgehead atoms. The fourth-order valence-electron chi connectivity index (χ4n) is 3.40. The molecule has 0 aromatic carbocycles. The van der Waals surface area contributed by atoms with Gasteiger partial charge in [0.15, 0.2) is 0 Å². The van der Waals surface area contributed by atoms with E-state index in [1.807, 2.05) is 6.07 Å². The summed E-state index contributed by atoms with van der Waals surface area (Å²) < 4.78 is 4.56. The summed E-state index contributed by atoms with van der Waals surface area (Å²) >= 11 is 1.48. The molecule has 1 saturated carbocycles. The van der Waals surface area contributed by atoms with E-state index in [2.05, 4.69) is 14.3 Å². The molecule has 2 aromatic rings. The third kappa shape index (κ3) is 2.81. The van der Waals surface area contributed by atoms with Crippen LogP contribution in [-0.2, 0) is 13.0 Å². The monoisotopic (exact) mass is 330 g/mol. The zero-order valence-electron chi connectivity index (χ0n) is 12.7. The van der Waals surface area contributed by atoms with Crippen LogP contribution in [0.5, 0.6) is 0 Å². The lowest BCUT2D eigenvalue weighted by Crippen LogP contribution is -2.31. The van der Waals surface area contributed by atoms with Crippen molar-refractivity contribution >= 4 is 22.6 Å². The molecule has 0 saturated heterocycles. The Bertz CT molecular complexity index is 739. The molecule has 0 unspecified atom stereocenters. The third-order valence-corrected chi connectivity index (χ3v) is 5.48. The lowest BCUT2D eigenvalue weighted by Gasteiger charge is -2.27. The van der Waals surface area contributed by atoms with Crippen LogP contribution >= 0.6 is 11.5 Å². The molecule has 120 valence electrons. The van der Waals surface area contributed by atoms with Crippen LogP contribution in [0.25, 0.3) is 0 Å². The summed E-state index contributed by atoms with van der Waals surface area (Å²) in [6, 6.07) is 3.45. The lowest BCUT2D eigenvalue weighted by molar-refractivity contribution is 0.0690. The number of aromatic nitrogens is 3. The molecule has 1 aliphatic carbocycles. The van der Waals surface area contributed by atoms with Crippen molar-refractivity contribution in [3.63, 3.8) is 0 Å². The summed E-state index contributed by atoms with van der Waals surface area (Å²) in [5.74, 6) is 0.574. The number of aromatic carboxylic acids is 1. The number of fused-ring (bicyclic) bond motifs is 1. The quantitative estimate of drug-likeness (QED) is 0.932. The number of rotatable bonds is 3. The van der Waals surface area contributed by atoms with E-state index in [1.54, 1.807) is 6.07 Å². The fourth-order valence-corrected chi connectivity index (χ4v) is 4.17. The SMILES string of the molecule is O=C(O)c1ccc2c(n1)CCN(c1nc(C3CCCC3)ns1)C2. The fraction of sp³-hybridized carbons (Fsp3) is 0.500. The molecule has 1 N–H and O–H groups in total. The van der Waals surface area contributed by atoms with Crippen molar-refractivity contribution in [3.05, 3.63) is 34.9 Å². The van der Waals surface area contributed by atoms with Crippen LogP contribution in [0, 0.1) is 0 Å². The van der Waals surface area contributed by atoms with Crippen LogP contribution in [-0.4, -0.2) is 32.0 Å². The van der Waals surface area contributed by atoms with Gasteiger partial charge in [-0.25, -0.2) is 14.8 Å². The van der Waals surface area contributed by atoms with Crippen molar-refractivity contribution in [1.29, 1.82) is 0 Å². The Kier molecular flexibility index (Phi) is 3.72. The Hall–Kier alpha value is -2.02. The summed E-state index contributed by atoms with van der Waals surface area (Å²) in [7, 11) is 0. The number of anilines is 1. The molecule has 3 heterocycles. The van der Waals surface area contributed by atoms with Crippen LogP contribution < -0.4 is 4.90 Å². The average molecular weight is 330 g/mol. The van der Waals surface area contributed by atoms with Crippen LogP contribution in [0.2, 0.25) is 0 Å². The Morgan fingerprint density at radius 1 is 1.26 bits per heavy atom. The van der Waals surface area contributed by atoms with E-state index in [0.717, 1.165) is 41.7 Å². The van der Waals surface area contributed by atoms with Gasteiger partial charge in [-0.2, -0.15) is 4.37 Å². The molecule has 2 aromatic heterocycles. The maximum absolute atomic E-state index is 11.0. The molecule has 2 aliphatic rings. The Morgan fingerprint density at radius 3 is 2.87 bits per heavy atom. The second-order valence-corrected chi connectivity index (χ2v) is 6.93. The summed E-state index contributed by atoms with van der Waals surface area (Å²) in [6.45, 7) is 1.53. The predicted molar refractivity (Wildman–Crippen MR) is 87.1 cm³/mol. The number of pyridine rings is 1. The van der Waals surface area contributed by atoms with E-state index in [9.17, 15) is 4.79 Å². The van der Waals surface area contributed by atoms with E-state index >= 15 is 0 Å². The molecule has 4 rings (SSSR count). The number of carbonyl (C=O) groups is 1. The van der Waals surface area contributed by atoms with Gasteiger partial charge in [0, 0.05) is 42.7 Å². The summed E-state index contributed by atoms with van der Waals surface area (Å²) in [5.41, 5.74) is 2.09. The molecular formula is C16H18N4O2S. The highest BCUT2D eigenvalue weighted by atomic mass is 32.1. The van der Waals surface area contributed by atoms with Gasteiger partial charge in [-0.05, 0) is 24.5 Å². The van der Waals surface area contributed by atoms with Crippen molar-refractivity contribution in [2.24, 2.45) is 0 Å². The largest absolute Gasteiger partial charge is 0.477 e. The van der Waals surface area contributed by atoms with Crippen molar-refractivity contribution in [3.8, 4) is 0 Å². The van der Waals surface area contributed by atoms with E-state index in [4.69, 9.17) is 10.1 Å². The van der Waals surface area contributed by atoms with E-state index < -0.39 is 5.97 Å². The molecule has 0 amide bonds. The van der Waals surface area contributed by atoms with Gasteiger partial charge >= 0.3 is 5.97 Å². The molecule has 0 radical (unpaired) electrons. The van der Waals surface area contributed by atoms with E-state index in [1.165, 1.54) is 37.2 Å². The van der Waals surface area contributed by atoms with Crippen molar-refractivity contribution in [2.45, 2.75) is 44.6 Å². The van der Waals surface area contributed by atoms with Gasteiger partial charge in [-0.1, -0.05) is 18.9 Å². The van der Waals surface area contributed by atoms with E-state index in [0.29, 0.717) is 5.92 Å². The first kappa shape index (κ1) is 14.6. The molecule has 23 heavy (non-hydrogen) atoms. The predicted octanol–water partition coefficient (Wildman–Crippen LogP) is 2.85. The highest BCUT2D eigenvalue weighted by Crippen LogP contribution is 2.35. The maximum Gasteiger partial charge on any atom is 0.354 e. The molecule has 0 spiro atoms. The summed E-state index contributed by atoms with van der Waals surface area (Å²) in [4.78, 5) is 22.2. The maximum atomic E-state index is 11.0. The summed E-state index contributed by atoms with van der Waals surface area (Å²) in [6.07, 6.45) is 5.73. The first-order valence-electron chi connectivity index (χ1n) is 8.01. The minimum absolute atomic E-state index is 0.122. The first-order valence-corrected chi connectivity index (χ1v) is 8.78. The van der Waals surface area contributed by atoms with Crippen molar-refractivity contribution in [1.82, 2.24) is 14.3 Å². The zero-order valence-corrected chi connectivity index (χ0v) is 13.6. The lowest BCUT2D eigenvalue weighted by atomic mass is 10.1. The normalized spacial score (nSPS) is 18.2. The van der Waals surface area contributed by atoms with Crippen LogP contribution in [0.3, 0.4) is 0 Å². The second-order valence-electron chi connectivity index (χ2n) is 6.20. The smallest absolute Gasteiger partial charge is 0.354 e. The van der Waals surface area contributed by atoms with E-state index in [-0.39, 0.29) is 5.69 Å². The first-order chi connectivity index (χ1) is 11.2. The zero-order chi connectivity index (χ0) is 15.8. The van der Waals surface area contributed by atoms with Gasteiger partial charge in [-0.15, -0.1) is 0 Å². The van der Waals surface area contributed by atoms with Crippen molar-refractivity contribution < 1.29 is 9.90 Å². The van der Waals surface area contributed by atoms with Gasteiger partial charge < -0.3 is 10.0 Å². The standard InChI is InChI=1S/C16H18N4O2S/c21-15(22)13-6-5-11-9-20(8-7-12(11)17-13)16-18-14(19-23-16)10-3-1-2-4-10/h5-6,10H,1-4,7-9H2,(H,21,22). The Balaban J connectivity index is 1.52. The minimum Gasteiger partial charge on any atom is -0.477 e. The Morgan fingerprint density at radius 2 is 2.09 bits per heavy atom. The number of hydrogen-bond donors (Lipinski definition) is 1. The molecule has 1 aliphatic heterocycles. The number of carboxylic acids is 1. The number of hydrogen-bond acceptors (Lipinski definition) is 6. The highest BCUT2D eigenvalue weighted by molar-refractivity contribution is 7.09. The molecular weight excluding hydrogens is 312 g/mol. The molecule has 7 heteroatoms. The van der Waals surface area contributed by atoms with Gasteiger partial charge in [-0.3, -0.25) is 0 Å². The second kappa shape index (κ2) is 5.88. The van der Waals surface area contributed by atoms with Gasteiger partial charge in [0.25, 0.3) is 0 Å². The van der Waals surface area contributed by atoms with Crippen LogP contribution in [0.4, 0.5) is 5.13 Å². The van der Waals surface area contributed by atoms with Crippen LogP contribution in [0.1, 0.15) is 59.2 Å². The average Bonchev–Trinajstić information content (AvgIpc) is 3.24. The third-order valence-electron chi connectivity index (χ3n) is 4.69. The number of carboxylic acid groups (broad SMARTS) is 1. The topological polar surface area (TPSA) is 79.2 Å². The molecule has 6 nitrogen and oxygen atoms in total. The number of nitrogens with zero attached hydrogens (tertiary/aromatic N) is 4. The highest BCUT2D eigenvalue weighted by Gasteiger charge is 2.25. The van der Waals surface area contributed by atoms with Gasteiger partial charge in [0.1, 0.15) is 11.5 Å². The van der Waals surface area contributed by atoms with Crippen molar-refractivity contribution in [2.75, 3.05) is 11.4 Å². The van der Waals surface area contributed by atoms with Gasteiger partial charge in [0.05, 0.1) is 0 Å². The Labute approximate surface area is 138 Å². The minimum atomic E-state index is -0.972. The molecule has 1 fully saturated rings. The summed E-state index contributed by atoms with van der Waals surface area (Å²) in [5, 5.41) is 10.0.